The van der Waals surface area contributed by atoms with Crippen LogP contribution in [0.1, 0.15) is 24.8 Å². The Morgan fingerprint density at radius 1 is 1.45 bits per heavy atom. The number of carbonyl (C=O) groups excluding carboxylic acids is 1. The smallest absolute Gasteiger partial charge is 0.221 e. The van der Waals surface area contributed by atoms with Gasteiger partial charge in [-0.15, -0.1) is 12.4 Å². The summed E-state index contributed by atoms with van der Waals surface area (Å²) in [5.74, 6) is 0.0683. The van der Waals surface area contributed by atoms with Gasteiger partial charge < -0.3 is 15.4 Å². The standard InChI is InChI=1S/C15H20Cl2N2O2.ClH/c1-10(15-12(16)3-2-4-13(15)17)8-19-14(20)7-11-9-21-6-5-18-11;/h2-4,10-11,18H,5-9H2,1H3,(H,19,20);1H. The molecule has 2 atom stereocenters. The number of hydrogen-bond donors (Lipinski definition) is 2. The van der Waals surface area contributed by atoms with Crippen molar-refractivity contribution >= 4 is 41.5 Å². The van der Waals surface area contributed by atoms with Crippen LogP contribution in [0.3, 0.4) is 0 Å². The Balaban J connectivity index is 0.00000242. The first kappa shape index (κ1) is 19.5. The van der Waals surface area contributed by atoms with Gasteiger partial charge in [-0.25, -0.2) is 0 Å². The number of amides is 1. The van der Waals surface area contributed by atoms with Crippen molar-refractivity contribution in [2.75, 3.05) is 26.3 Å². The summed E-state index contributed by atoms with van der Waals surface area (Å²) in [5, 5.41) is 7.45. The lowest BCUT2D eigenvalue weighted by Crippen LogP contribution is -2.44. The lowest BCUT2D eigenvalue weighted by molar-refractivity contribution is -0.122. The third-order valence-electron chi connectivity index (χ3n) is 3.53. The van der Waals surface area contributed by atoms with Gasteiger partial charge in [-0.1, -0.05) is 36.2 Å². The molecule has 0 bridgehead atoms. The monoisotopic (exact) mass is 366 g/mol. The summed E-state index contributed by atoms with van der Waals surface area (Å²) in [4.78, 5) is 11.9. The summed E-state index contributed by atoms with van der Waals surface area (Å²) in [6.45, 7) is 4.59. The Labute approximate surface area is 147 Å². The van der Waals surface area contributed by atoms with Gasteiger partial charge in [0.15, 0.2) is 0 Å². The van der Waals surface area contributed by atoms with E-state index in [1.54, 1.807) is 0 Å². The number of benzene rings is 1. The molecule has 1 heterocycles. The van der Waals surface area contributed by atoms with Crippen molar-refractivity contribution < 1.29 is 9.53 Å². The van der Waals surface area contributed by atoms with Crippen LogP contribution < -0.4 is 10.6 Å². The predicted octanol–water partition coefficient (Wildman–Crippen LogP) is 3.01. The summed E-state index contributed by atoms with van der Waals surface area (Å²) < 4.78 is 5.33. The van der Waals surface area contributed by atoms with Gasteiger partial charge in [0.1, 0.15) is 0 Å². The van der Waals surface area contributed by atoms with Gasteiger partial charge in [0, 0.05) is 41.5 Å². The van der Waals surface area contributed by atoms with E-state index in [1.807, 2.05) is 25.1 Å². The van der Waals surface area contributed by atoms with Crippen molar-refractivity contribution in [3.05, 3.63) is 33.8 Å². The molecule has 1 aromatic carbocycles. The molecule has 0 aromatic heterocycles. The van der Waals surface area contributed by atoms with Crippen LogP contribution in [0.2, 0.25) is 10.0 Å². The van der Waals surface area contributed by atoms with Crippen LogP contribution in [0.25, 0.3) is 0 Å². The highest BCUT2D eigenvalue weighted by molar-refractivity contribution is 6.36. The lowest BCUT2D eigenvalue weighted by Gasteiger charge is -2.23. The molecule has 4 nitrogen and oxygen atoms in total. The topological polar surface area (TPSA) is 50.4 Å². The molecule has 1 amide bonds. The zero-order valence-corrected chi connectivity index (χ0v) is 14.7. The van der Waals surface area contributed by atoms with Crippen LogP contribution in [-0.4, -0.2) is 38.3 Å². The minimum Gasteiger partial charge on any atom is -0.378 e. The second-order valence-electron chi connectivity index (χ2n) is 5.27. The molecule has 2 N–H and O–H groups in total. The van der Waals surface area contributed by atoms with E-state index in [-0.39, 0.29) is 30.3 Å². The van der Waals surface area contributed by atoms with Crippen molar-refractivity contribution in [3.8, 4) is 0 Å². The summed E-state index contributed by atoms with van der Waals surface area (Å²) in [6, 6.07) is 5.53. The fraction of sp³-hybridized carbons (Fsp3) is 0.533. The Bertz CT molecular complexity index is 473. The summed E-state index contributed by atoms with van der Waals surface area (Å²) in [7, 11) is 0. The van der Waals surface area contributed by atoms with Crippen molar-refractivity contribution in [1.29, 1.82) is 0 Å². The molecule has 2 unspecified atom stereocenters. The van der Waals surface area contributed by atoms with Gasteiger partial charge >= 0.3 is 0 Å². The van der Waals surface area contributed by atoms with Crippen molar-refractivity contribution in [2.45, 2.75) is 25.3 Å². The molecule has 7 heteroatoms. The van der Waals surface area contributed by atoms with Crippen molar-refractivity contribution in [3.63, 3.8) is 0 Å². The average molecular weight is 368 g/mol. The molecule has 1 saturated heterocycles. The van der Waals surface area contributed by atoms with E-state index in [2.05, 4.69) is 10.6 Å². The Morgan fingerprint density at radius 3 is 2.73 bits per heavy atom. The van der Waals surface area contributed by atoms with Gasteiger partial charge in [-0.05, 0) is 17.7 Å². The summed E-state index contributed by atoms with van der Waals surface area (Å²) in [5.41, 5.74) is 0.875. The first-order valence-electron chi connectivity index (χ1n) is 7.09. The Hall–Kier alpha value is -0.520. The minimum absolute atomic E-state index is 0. The number of morpholine rings is 1. The molecule has 1 aromatic rings. The van der Waals surface area contributed by atoms with E-state index in [0.29, 0.717) is 36.2 Å². The van der Waals surface area contributed by atoms with Gasteiger partial charge in [-0.3, -0.25) is 4.79 Å². The molecule has 1 aliphatic rings. The molecule has 0 aliphatic carbocycles. The largest absolute Gasteiger partial charge is 0.378 e. The van der Waals surface area contributed by atoms with Gasteiger partial charge in [0.2, 0.25) is 5.91 Å². The number of ether oxygens (including phenoxy) is 1. The molecule has 0 spiro atoms. The average Bonchev–Trinajstić information content (AvgIpc) is 2.46. The van der Waals surface area contributed by atoms with Crippen molar-refractivity contribution in [1.82, 2.24) is 10.6 Å². The fourth-order valence-corrected chi connectivity index (χ4v) is 3.17. The molecular formula is C15H21Cl3N2O2. The van der Waals surface area contributed by atoms with Gasteiger partial charge in [0.05, 0.1) is 13.2 Å². The minimum atomic E-state index is 0. The highest BCUT2D eigenvalue weighted by Crippen LogP contribution is 2.30. The molecule has 22 heavy (non-hydrogen) atoms. The SMILES string of the molecule is CC(CNC(=O)CC1COCCN1)c1c(Cl)cccc1Cl.Cl. The van der Waals surface area contributed by atoms with E-state index in [1.165, 1.54) is 0 Å². The van der Waals surface area contributed by atoms with Crippen LogP contribution >= 0.6 is 35.6 Å². The lowest BCUT2D eigenvalue weighted by atomic mass is 10.0. The first-order valence-corrected chi connectivity index (χ1v) is 7.85. The maximum atomic E-state index is 11.9. The number of halogens is 3. The van der Waals surface area contributed by atoms with Crippen LogP contribution in [0.15, 0.2) is 18.2 Å². The number of rotatable bonds is 5. The van der Waals surface area contributed by atoms with E-state index in [9.17, 15) is 4.79 Å². The number of nitrogens with one attached hydrogen (secondary N) is 2. The molecular weight excluding hydrogens is 347 g/mol. The molecule has 1 fully saturated rings. The molecule has 2 rings (SSSR count). The maximum Gasteiger partial charge on any atom is 0.221 e. The Morgan fingerprint density at radius 2 is 2.14 bits per heavy atom. The van der Waals surface area contributed by atoms with Crippen LogP contribution in [0, 0.1) is 0 Å². The normalized spacial score (nSPS) is 19.1. The zero-order valence-electron chi connectivity index (χ0n) is 12.4. The number of hydrogen-bond acceptors (Lipinski definition) is 3. The second kappa shape index (κ2) is 9.58. The van der Waals surface area contributed by atoms with Crippen LogP contribution in [0.4, 0.5) is 0 Å². The molecule has 0 radical (unpaired) electrons. The Kier molecular flexibility index (Phi) is 8.50. The number of carbonyl (C=O) groups is 1. The van der Waals surface area contributed by atoms with Gasteiger partial charge in [-0.2, -0.15) is 0 Å². The third kappa shape index (κ3) is 5.60. The molecule has 124 valence electrons. The fourth-order valence-electron chi connectivity index (χ4n) is 2.40. The van der Waals surface area contributed by atoms with E-state index >= 15 is 0 Å². The first-order chi connectivity index (χ1) is 10.1. The van der Waals surface area contributed by atoms with Crippen molar-refractivity contribution in [2.24, 2.45) is 0 Å². The maximum absolute atomic E-state index is 11.9. The van der Waals surface area contributed by atoms with Crippen LogP contribution in [0.5, 0.6) is 0 Å². The highest BCUT2D eigenvalue weighted by atomic mass is 35.5. The van der Waals surface area contributed by atoms with E-state index in [0.717, 1.165) is 12.1 Å². The molecule has 1 aliphatic heterocycles. The zero-order chi connectivity index (χ0) is 15.2. The highest BCUT2D eigenvalue weighted by Gasteiger charge is 2.18. The van der Waals surface area contributed by atoms with Crippen LogP contribution in [-0.2, 0) is 9.53 Å². The molecule has 0 saturated carbocycles. The third-order valence-corrected chi connectivity index (χ3v) is 4.19. The quantitative estimate of drug-likeness (QED) is 0.841. The summed E-state index contributed by atoms with van der Waals surface area (Å²) in [6.07, 6.45) is 0.420. The predicted molar refractivity (Wildman–Crippen MR) is 92.4 cm³/mol. The van der Waals surface area contributed by atoms with E-state index < -0.39 is 0 Å². The second-order valence-corrected chi connectivity index (χ2v) is 6.08. The van der Waals surface area contributed by atoms with Gasteiger partial charge in [0.25, 0.3) is 0 Å². The van der Waals surface area contributed by atoms with E-state index in [4.69, 9.17) is 27.9 Å². The summed E-state index contributed by atoms with van der Waals surface area (Å²) >= 11 is 12.3.